The molecule has 0 N–H and O–H groups in total. The number of benzene rings is 8. The standard InChI is InChI=1S/C56H38N4/c1-5-21-39(22-6-1)43-29-13-17-33-47(43)51-37-52(48-34-18-14-30-44(48)40-23-7-2-8-24-40)58-55(57-51)56-59-53(49-35-19-15-31-45(49)41-25-9-3-10-26-41)38-54(60-56)50-36-20-16-32-46(50)42-27-11-4-12-28-42/h1-38H. The summed E-state index contributed by atoms with van der Waals surface area (Å²) in [6, 6.07) is 79.8. The fourth-order valence-electron chi connectivity index (χ4n) is 7.95. The molecule has 10 rings (SSSR count). The minimum Gasteiger partial charge on any atom is -0.225 e. The van der Waals surface area contributed by atoms with Crippen molar-refractivity contribution in [3.63, 3.8) is 0 Å². The molecule has 0 amide bonds. The maximum atomic E-state index is 5.38. The van der Waals surface area contributed by atoms with Crippen LogP contribution in [0, 0.1) is 0 Å². The molecule has 0 saturated heterocycles. The van der Waals surface area contributed by atoms with Crippen LogP contribution in [0.4, 0.5) is 0 Å². The Kier molecular flexibility index (Phi) is 9.92. The highest BCUT2D eigenvalue weighted by Gasteiger charge is 2.21. The van der Waals surface area contributed by atoms with Crippen molar-refractivity contribution in [2.45, 2.75) is 0 Å². The van der Waals surface area contributed by atoms with E-state index < -0.39 is 0 Å². The van der Waals surface area contributed by atoms with E-state index in [1.165, 1.54) is 0 Å². The third-order valence-corrected chi connectivity index (χ3v) is 10.8. The molecule has 0 fully saturated rings. The first-order valence-corrected chi connectivity index (χ1v) is 20.1. The maximum Gasteiger partial charge on any atom is 0.198 e. The normalized spacial score (nSPS) is 11.0. The zero-order valence-electron chi connectivity index (χ0n) is 32.7. The minimum atomic E-state index is 0.436. The van der Waals surface area contributed by atoms with Gasteiger partial charge < -0.3 is 0 Å². The molecule has 0 aliphatic carbocycles. The third kappa shape index (κ3) is 7.30. The van der Waals surface area contributed by atoms with E-state index in [4.69, 9.17) is 19.9 Å². The molecule has 0 saturated carbocycles. The van der Waals surface area contributed by atoms with Gasteiger partial charge in [0.1, 0.15) is 0 Å². The van der Waals surface area contributed by atoms with Crippen molar-refractivity contribution in [3.05, 3.63) is 231 Å². The Morgan fingerprint density at radius 1 is 0.183 bits per heavy atom. The van der Waals surface area contributed by atoms with E-state index in [1.54, 1.807) is 0 Å². The van der Waals surface area contributed by atoms with E-state index in [1.807, 2.05) is 24.3 Å². The van der Waals surface area contributed by atoms with Crippen molar-refractivity contribution in [2.24, 2.45) is 0 Å². The van der Waals surface area contributed by atoms with Gasteiger partial charge in [-0.15, -0.1) is 0 Å². The Labute approximate surface area is 350 Å². The number of hydrogen-bond acceptors (Lipinski definition) is 4. The summed E-state index contributed by atoms with van der Waals surface area (Å²) in [4.78, 5) is 21.5. The van der Waals surface area contributed by atoms with Crippen LogP contribution in [0.15, 0.2) is 231 Å². The Balaban J connectivity index is 1.25. The maximum absolute atomic E-state index is 5.38. The van der Waals surface area contributed by atoms with Crippen LogP contribution in [-0.4, -0.2) is 19.9 Å². The highest BCUT2D eigenvalue weighted by atomic mass is 15.0. The van der Waals surface area contributed by atoms with Crippen molar-refractivity contribution >= 4 is 0 Å². The predicted octanol–water partition coefficient (Wildman–Crippen LogP) is 14.3. The summed E-state index contributed by atoms with van der Waals surface area (Å²) < 4.78 is 0. The average Bonchev–Trinajstić information content (AvgIpc) is 3.35. The summed E-state index contributed by atoms with van der Waals surface area (Å²) >= 11 is 0. The lowest BCUT2D eigenvalue weighted by Crippen LogP contribution is -2.03. The van der Waals surface area contributed by atoms with Crippen molar-refractivity contribution in [1.82, 2.24) is 19.9 Å². The van der Waals surface area contributed by atoms with E-state index in [2.05, 4.69) is 206 Å². The van der Waals surface area contributed by atoms with Crippen LogP contribution >= 0.6 is 0 Å². The number of rotatable bonds is 9. The Morgan fingerprint density at radius 2 is 0.367 bits per heavy atom. The summed E-state index contributed by atoms with van der Waals surface area (Å²) in [7, 11) is 0. The van der Waals surface area contributed by atoms with Crippen molar-refractivity contribution < 1.29 is 0 Å². The molecular weight excluding hydrogens is 729 g/mol. The van der Waals surface area contributed by atoms with Gasteiger partial charge in [0.2, 0.25) is 0 Å². The smallest absolute Gasteiger partial charge is 0.198 e. The molecule has 0 radical (unpaired) electrons. The number of nitrogens with zero attached hydrogens (tertiary/aromatic N) is 4. The van der Waals surface area contributed by atoms with Gasteiger partial charge in [0.05, 0.1) is 22.8 Å². The molecule has 10 aromatic rings. The molecule has 0 spiro atoms. The van der Waals surface area contributed by atoms with Crippen LogP contribution in [0.1, 0.15) is 0 Å². The zero-order chi connectivity index (χ0) is 40.1. The third-order valence-electron chi connectivity index (χ3n) is 10.8. The highest BCUT2D eigenvalue weighted by molar-refractivity contribution is 5.89. The van der Waals surface area contributed by atoms with Gasteiger partial charge in [-0.1, -0.05) is 218 Å². The Hall–Kier alpha value is -8.08. The number of aromatic nitrogens is 4. The molecule has 4 heteroatoms. The van der Waals surface area contributed by atoms with E-state index in [0.29, 0.717) is 11.6 Å². The first-order valence-electron chi connectivity index (χ1n) is 20.1. The quantitative estimate of drug-likeness (QED) is 0.147. The lowest BCUT2D eigenvalue weighted by atomic mass is 9.94. The molecule has 0 unspecified atom stereocenters. The molecule has 0 aliphatic heterocycles. The largest absolute Gasteiger partial charge is 0.225 e. The van der Waals surface area contributed by atoms with Gasteiger partial charge in [-0.25, -0.2) is 19.9 Å². The Morgan fingerprint density at radius 3 is 0.583 bits per heavy atom. The van der Waals surface area contributed by atoms with Gasteiger partial charge in [-0.05, 0) is 56.6 Å². The molecule has 2 aromatic heterocycles. The summed E-state index contributed by atoms with van der Waals surface area (Å²) in [6.07, 6.45) is 0. The molecular formula is C56H38N4. The minimum absolute atomic E-state index is 0.436. The molecule has 60 heavy (non-hydrogen) atoms. The second-order valence-corrected chi connectivity index (χ2v) is 14.6. The molecule has 8 aromatic carbocycles. The summed E-state index contributed by atoms with van der Waals surface area (Å²) in [5.74, 6) is 0.872. The zero-order valence-corrected chi connectivity index (χ0v) is 32.7. The average molecular weight is 767 g/mol. The Bertz CT molecular complexity index is 2660. The molecule has 0 bridgehead atoms. The van der Waals surface area contributed by atoms with Gasteiger partial charge >= 0.3 is 0 Å². The molecule has 0 atom stereocenters. The van der Waals surface area contributed by atoms with Gasteiger partial charge in [0.25, 0.3) is 0 Å². The monoisotopic (exact) mass is 766 g/mol. The highest BCUT2D eigenvalue weighted by Crippen LogP contribution is 2.40. The fourth-order valence-corrected chi connectivity index (χ4v) is 7.95. The van der Waals surface area contributed by atoms with E-state index >= 15 is 0 Å². The first kappa shape index (κ1) is 36.3. The van der Waals surface area contributed by atoms with Crippen molar-refractivity contribution in [3.8, 4) is 101 Å². The van der Waals surface area contributed by atoms with Crippen LogP contribution in [0.25, 0.3) is 101 Å². The molecule has 282 valence electrons. The summed E-state index contributed by atoms with van der Waals surface area (Å²) in [5.41, 5.74) is 15.8. The van der Waals surface area contributed by atoms with Crippen LogP contribution in [-0.2, 0) is 0 Å². The van der Waals surface area contributed by atoms with Gasteiger partial charge in [-0.3, -0.25) is 0 Å². The second-order valence-electron chi connectivity index (χ2n) is 14.6. The SMILES string of the molecule is c1ccc(-c2ccccc2-c2cc(-c3ccccc3-c3ccccc3)nc(-c3nc(-c4ccccc4-c4ccccc4)cc(-c4ccccc4-c4ccccc4)n3)n2)cc1. The van der Waals surface area contributed by atoms with Crippen LogP contribution < -0.4 is 0 Å². The lowest BCUT2D eigenvalue weighted by Gasteiger charge is -2.16. The second kappa shape index (κ2) is 16.4. The first-order chi connectivity index (χ1) is 29.8. The van der Waals surface area contributed by atoms with E-state index in [-0.39, 0.29) is 0 Å². The molecule has 2 heterocycles. The van der Waals surface area contributed by atoms with E-state index in [9.17, 15) is 0 Å². The fraction of sp³-hybridized carbons (Fsp3) is 0. The number of hydrogen-bond donors (Lipinski definition) is 0. The van der Waals surface area contributed by atoms with Gasteiger partial charge in [0.15, 0.2) is 11.6 Å². The van der Waals surface area contributed by atoms with Crippen molar-refractivity contribution in [2.75, 3.05) is 0 Å². The molecule has 0 aliphatic rings. The van der Waals surface area contributed by atoms with Gasteiger partial charge in [-0.2, -0.15) is 0 Å². The van der Waals surface area contributed by atoms with Crippen LogP contribution in [0.5, 0.6) is 0 Å². The lowest BCUT2D eigenvalue weighted by molar-refractivity contribution is 1.09. The molecule has 4 nitrogen and oxygen atoms in total. The van der Waals surface area contributed by atoms with Gasteiger partial charge in [0, 0.05) is 22.3 Å². The topological polar surface area (TPSA) is 51.6 Å². The predicted molar refractivity (Wildman–Crippen MR) is 247 cm³/mol. The van der Waals surface area contributed by atoms with Crippen molar-refractivity contribution in [1.29, 1.82) is 0 Å². The van der Waals surface area contributed by atoms with Crippen LogP contribution in [0.2, 0.25) is 0 Å². The van der Waals surface area contributed by atoms with Crippen LogP contribution in [0.3, 0.4) is 0 Å². The summed E-state index contributed by atoms with van der Waals surface area (Å²) in [6.45, 7) is 0. The van der Waals surface area contributed by atoms with E-state index in [0.717, 1.165) is 89.5 Å². The summed E-state index contributed by atoms with van der Waals surface area (Å²) in [5, 5.41) is 0.